The minimum Gasteiger partial charge on any atom is -0.489 e. The molecule has 11 heteroatoms. The van der Waals surface area contributed by atoms with Crippen molar-refractivity contribution >= 4 is 29.2 Å². The molecule has 2 bridgehead atoms. The SMILES string of the molecule is COc1c(Nc2ccc(C#N)cc2Cl)ncnc1OC1C2COCC1CN(C(=O)OC1CCC1)C2. The number of rotatable bonds is 6. The molecule has 1 aliphatic carbocycles. The largest absolute Gasteiger partial charge is 0.489 e. The van der Waals surface area contributed by atoms with Crippen LogP contribution in [0.4, 0.5) is 16.3 Å². The number of carbonyl (C=O) groups is 1. The number of nitrogens with zero attached hydrogens (tertiary/aromatic N) is 4. The number of fused-ring (bicyclic) bond motifs is 2. The minimum absolute atomic E-state index is 0.0273. The molecule has 2 unspecified atom stereocenters. The van der Waals surface area contributed by atoms with Crippen LogP contribution in [0.5, 0.6) is 11.6 Å². The second kappa shape index (κ2) is 10.1. The van der Waals surface area contributed by atoms with Gasteiger partial charge in [-0.05, 0) is 37.5 Å². The Balaban J connectivity index is 1.32. The molecular weight excluding hydrogens is 474 g/mol. The van der Waals surface area contributed by atoms with E-state index < -0.39 is 0 Å². The average molecular weight is 500 g/mol. The Kier molecular flexibility index (Phi) is 6.79. The molecule has 5 rings (SSSR count). The van der Waals surface area contributed by atoms with E-state index >= 15 is 0 Å². The molecule has 3 fully saturated rings. The third-order valence-electron chi connectivity index (χ3n) is 6.65. The molecule has 3 heterocycles. The standard InChI is InChI=1S/C24H26ClN5O5/c1-32-21-22(29-19-6-5-14(8-26)7-18(19)25)27-13-28-23(21)35-20-15-9-30(10-16(20)12-33-11-15)24(31)34-17-3-2-4-17/h5-7,13,15-17,20H,2-4,9-12H2,1H3,(H,27,28,29). The van der Waals surface area contributed by atoms with E-state index in [2.05, 4.69) is 21.4 Å². The number of amides is 1. The van der Waals surface area contributed by atoms with Crippen LogP contribution in [0.2, 0.25) is 5.02 Å². The lowest BCUT2D eigenvalue weighted by atomic mass is 9.84. The first-order valence-corrected chi connectivity index (χ1v) is 12.0. The van der Waals surface area contributed by atoms with Crippen LogP contribution in [-0.2, 0) is 9.47 Å². The summed E-state index contributed by atoms with van der Waals surface area (Å²) in [6, 6.07) is 6.98. The number of likely N-dealkylation sites (tertiary alicyclic amines) is 1. The van der Waals surface area contributed by atoms with E-state index in [1.165, 1.54) is 13.4 Å². The van der Waals surface area contributed by atoms with Crippen molar-refractivity contribution in [3.05, 3.63) is 35.1 Å². The van der Waals surface area contributed by atoms with Gasteiger partial charge >= 0.3 is 6.09 Å². The monoisotopic (exact) mass is 499 g/mol. The second-order valence-corrected chi connectivity index (χ2v) is 9.38. The number of nitriles is 1. The molecule has 35 heavy (non-hydrogen) atoms. The number of halogens is 1. The Hall–Kier alpha value is -3.29. The van der Waals surface area contributed by atoms with Crippen LogP contribution >= 0.6 is 11.6 Å². The van der Waals surface area contributed by atoms with Gasteiger partial charge in [0.25, 0.3) is 5.88 Å². The summed E-state index contributed by atoms with van der Waals surface area (Å²) in [7, 11) is 1.51. The van der Waals surface area contributed by atoms with E-state index in [1.54, 1.807) is 23.1 Å². The van der Waals surface area contributed by atoms with Gasteiger partial charge in [0.1, 0.15) is 18.5 Å². The molecule has 1 aromatic carbocycles. The topological polar surface area (TPSA) is 119 Å². The Bertz CT molecular complexity index is 1120. The number of anilines is 2. The van der Waals surface area contributed by atoms with Crippen LogP contribution in [0.15, 0.2) is 24.5 Å². The summed E-state index contributed by atoms with van der Waals surface area (Å²) >= 11 is 6.31. The van der Waals surface area contributed by atoms with E-state index in [0.717, 1.165) is 19.3 Å². The molecule has 0 spiro atoms. The van der Waals surface area contributed by atoms with E-state index in [-0.39, 0.29) is 30.1 Å². The van der Waals surface area contributed by atoms with Crippen LogP contribution in [0.1, 0.15) is 24.8 Å². The lowest BCUT2D eigenvalue weighted by molar-refractivity contribution is -0.113. The fourth-order valence-corrected chi connectivity index (χ4v) is 4.83. The Morgan fingerprint density at radius 3 is 2.66 bits per heavy atom. The van der Waals surface area contributed by atoms with Crippen LogP contribution in [0.25, 0.3) is 0 Å². The maximum Gasteiger partial charge on any atom is 0.410 e. The van der Waals surface area contributed by atoms with Gasteiger partial charge in [-0.15, -0.1) is 0 Å². The fourth-order valence-electron chi connectivity index (χ4n) is 4.60. The number of benzene rings is 1. The average Bonchev–Trinajstić information content (AvgIpc) is 2.82. The van der Waals surface area contributed by atoms with Gasteiger partial charge < -0.3 is 29.2 Å². The molecule has 1 N–H and O–H groups in total. The van der Waals surface area contributed by atoms with E-state index in [1.807, 2.05) is 0 Å². The summed E-state index contributed by atoms with van der Waals surface area (Å²) in [6.45, 7) is 1.94. The predicted octanol–water partition coefficient (Wildman–Crippen LogP) is 3.77. The van der Waals surface area contributed by atoms with Crippen molar-refractivity contribution in [3.8, 4) is 17.7 Å². The molecule has 184 valence electrons. The molecule has 2 saturated heterocycles. The van der Waals surface area contributed by atoms with Gasteiger partial charge in [-0.25, -0.2) is 9.78 Å². The molecule has 2 aliphatic heterocycles. The van der Waals surface area contributed by atoms with Crippen molar-refractivity contribution in [2.24, 2.45) is 11.8 Å². The number of nitrogens with one attached hydrogen (secondary N) is 1. The van der Waals surface area contributed by atoms with Gasteiger partial charge in [0.15, 0.2) is 5.82 Å². The lowest BCUT2D eigenvalue weighted by Crippen LogP contribution is -2.59. The summed E-state index contributed by atoms with van der Waals surface area (Å²) in [5.74, 6) is 0.953. The van der Waals surface area contributed by atoms with Crippen molar-refractivity contribution in [3.63, 3.8) is 0 Å². The molecule has 3 aliphatic rings. The van der Waals surface area contributed by atoms with E-state index in [4.69, 9.17) is 35.8 Å². The third kappa shape index (κ3) is 4.92. The lowest BCUT2D eigenvalue weighted by Gasteiger charge is -2.46. The zero-order chi connectivity index (χ0) is 24.4. The highest BCUT2D eigenvalue weighted by Gasteiger charge is 2.45. The molecule has 2 aromatic rings. The first-order chi connectivity index (χ1) is 17.1. The number of methoxy groups -OCH3 is 1. The van der Waals surface area contributed by atoms with Crippen molar-refractivity contribution in [1.29, 1.82) is 5.26 Å². The first-order valence-electron chi connectivity index (χ1n) is 11.6. The van der Waals surface area contributed by atoms with Crippen molar-refractivity contribution in [2.45, 2.75) is 31.5 Å². The van der Waals surface area contributed by atoms with Crippen molar-refractivity contribution in [2.75, 3.05) is 38.7 Å². The summed E-state index contributed by atoms with van der Waals surface area (Å²) < 4.78 is 23.3. The highest BCUT2D eigenvalue weighted by atomic mass is 35.5. The summed E-state index contributed by atoms with van der Waals surface area (Å²) in [5.41, 5.74) is 1.02. The zero-order valence-corrected chi connectivity index (χ0v) is 20.0. The predicted molar refractivity (Wildman–Crippen MR) is 126 cm³/mol. The number of piperidine rings is 1. The number of aromatic nitrogens is 2. The van der Waals surface area contributed by atoms with Crippen molar-refractivity contribution in [1.82, 2.24) is 14.9 Å². The number of hydrogen-bond acceptors (Lipinski definition) is 9. The van der Waals surface area contributed by atoms with Gasteiger partial charge in [-0.2, -0.15) is 10.2 Å². The van der Waals surface area contributed by atoms with Gasteiger partial charge in [-0.3, -0.25) is 0 Å². The molecule has 1 aromatic heterocycles. The highest BCUT2D eigenvalue weighted by Crippen LogP contribution is 2.39. The van der Waals surface area contributed by atoms with Gasteiger partial charge in [0, 0.05) is 24.9 Å². The van der Waals surface area contributed by atoms with Gasteiger partial charge in [0.05, 0.1) is 42.7 Å². The first kappa shape index (κ1) is 23.5. The Labute approximate surface area is 208 Å². The third-order valence-corrected chi connectivity index (χ3v) is 6.97. The molecule has 1 amide bonds. The van der Waals surface area contributed by atoms with Crippen molar-refractivity contribution < 1.29 is 23.7 Å². The zero-order valence-electron chi connectivity index (χ0n) is 19.3. The molecule has 1 saturated carbocycles. The normalized spacial score (nSPS) is 23.6. The molecular formula is C24H26ClN5O5. The van der Waals surface area contributed by atoms with Gasteiger partial charge in [-0.1, -0.05) is 11.6 Å². The van der Waals surface area contributed by atoms with E-state index in [0.29, 0.717) is 60.0 Å². The summed E-state index contributed by atoms with van der Waals surface area (Å²) in [5, 5.41) is 12.6. The molecule has 0 radical (unpaired) electrons. The second-order valence-electron chi connectivity index (χ2n) is 8.97. The quantitative estimate of drug-likeness (QED) is 0.633. The minimum atomic E-state index is -0.254. The van der Waals surface area contributed by atoms with Gasteiger partial charge in [0.2, 0.25) is 5.75 Å². The number of carbonyl (C=O) groups excluding carboxylic acids is 1. The molecule has 2 atom stereocenters. The van der Waals surface area contributed by atoms with Crippen LogP contribution in [0, 0.1) is 23.2 Å². The van der Waals surface area contributed by atoms with Crippen LogP contribution in [-0.4, -0.2) is 66.6 Å². The summed E-state index contributed by atoms with van der Waals surface area (Å²) in [4.78, 5) is 23.0. The Morgan fingerprint density at radius 1 is 1.26 bits per heavy atom. The van der Waals surface area contributed by atoms with E-state index in [9.17, 15) is 4.79 Å². The maximum atomic E-state index is 12.6. The highest BCUT2D eigenvalue weighted by molar-refractivity contribution is 6.33. The maximum absolute atomic E-state index is 12.6. The van der Waals surface area contributed by atoms with Crippen LogP contribution in [0.3, 0.4) is 0 Å². The van der Waals surface area contributed by atoms with Crippen LogP contribution < -0.4 is 14.8 Å². The smallest absolute Gasteiger partial charge is 0.410 e. The Morgan fingerprint density at radius 2 is 2.03 bits per heavy atom. The number of ether oxygens (including phenoxy) is 4. The summed E-state index contributed by atoms with van der Waals surface area (Å²) in [6.07, 6.45) is 3.98. The number of hydrogen-bond donors (Lipinski definition) is 1. The molecule has 10 nitrogen and oxygen atoms in total. The fraction of sp³-hybridized carbons (Fsp3) is 0.500.